The third-order valence-corrected chi connectivity index (χ3v) is 1.51. The van der Waals surface area contributed by atoms with Crippen LogP contribution in [0.25, 0.3) is 0 Å². The third-order valence-electron chi connectivity index (χ3n) is 1.51. The SMILES string of the molecule is [CH2-]C(=O)OC.[Ge].[OH2+]CCN(CC[OH2+])CC[OH2+]. The maximum Gasteiger partial charge on any atom is 0.164 e. The first-order valence-corrected chi connectivity index (χ1v) is 4.68. The van der Waals surface area contributed by atoms with Crippen molar-refractivity contribution < 1.29 is 24.9 Å². The van der Waals surface area contributed by atoms with E-state index in [-0.39, 0.29) is 17.6 Å². The van der Waals surface area contributed by atoms with Crippen molar-refractivity contribution >= 4 is 23.6 Å². The fraction of sp³-hybridized carbons (Fsp3) is 0.778. The zero-order valence-corrected chi connectivity index (χ0v) is 11.8. The van der Waals surface area contributed by atoms with Crippen molar-refractivity contribution in [2.24, 2.45) is 0 Å². The number of carbonyl (C=O) groups excluding carboxylic acids is 1. The predicted octanol–water partition coefficient (Wildman–Crippen LogP) is -2.93. The summed E-state index contributed by atoms with van der Waals surface area (Å²) >= 11 is 0. The van der Waals surface area contributed by atoms with E-state index in [1.807, 2.05) is 4.90 Å². The molecule has 0 aliphatic carbocycles. The molecule has 0 aromatic carbocycles. The van der Waals surface area contributed by atoms with Gasteiger partial charge in [-0.3, -0.25) is 16.6 Å². The van der Waals surface area contributed by atoms with Crippen molar-refractivity contribution in [3.63, 3.8) is 0 Å². The van der Waals surface area contributed by atoms with Crippen LogP contribution in [0.4, 0.5) is 0 Å². The molecular formula is C9H23GeNO5+2. The van der Waals surface area contributed by atoms with Crippen LogP contribution in [-0.4, -0.2) is 90.4 Å². The summed E-state index contributed by atoms with van der Waals surface area (Å²) in [6, 6.07) is 0. The number of rotatable bonds is 6. The van der Waals surface area contributed by atoms with Crippen molar-refractivity contribution in [1.82, 2.24) is 4.90 Å². The monoisotopic (exact) mass is 299 g/mol. The Kier molecular flexibility index (Phi) is 22.5. The molecular weight excluding hydrogens is 275 g/mol. The minimum Gasteiger partial charge on any atom is -0.492 e. The van der Waals surface area contributed by atoms with Crippen LogP contribution in [0.1, 0.15) is 0 Å². The summed E-state index contributed by atoms with van der Waals surface area (Å²) in [6.07, 6.45) is 0. The number of esters is 1. The van der Waals surface area contributed by atoms with Gasteiger partial charge in [0.2, 0.25) is 0 Å². The minimum atomic E-state index is -0.495. The van der Waals surface area contributed by atoms with E-state index in [2.05, 4.69) is 11.7 Å². The Morgan fingerprint density at radius 3 is 1.50 bits per heavy atom. The van der Waals surface area contributed by atoms with E-state index in [0.29, 0.717) is 39.5 Å². The zero-order valence-electron chi connectivity index (χ0n) is 9.71. The van der Waals surface area contributed by atoms with Crippen LogP contribution in [0, 0.1) is 6.92 Å². The van der Waals surface area contributed by atoms with E-state index in [4.69, 9.17) is 15.3 Å². The predicted molar refractivity (Wildman–Crippen MR) is 65.0 cm³/mol. The summed E-state index contributed by atoms with van der Waals surface area (Å²) in [5.41, 5.74) is 0. The number of ether oxygens (including phenoxy) is 1. The quantitative estimate of drug-likeness (QED) is 0.227. The molecule has 0 fully saturated rings. The van der Waals surface area contributed by atoms with Crippen molar-refractivity contribution in [1.29, 1.82) is 0 Å². The molecule has 0 heterocycles. The number of nitrogens with zero attached hydrogens (tertiary/aromatic N) is 1. The Hall–Kier alpha value is -0.277. The first kappa shape index (κ1) is 21.1. The summed E-state index contributed by atoms with van der Waals surface area (Å²) in [5.74, 6) is -0.495. The normalized spacial score (nSPS) is 8.81. The Balaban J connectivity index is -0.000000242. The van der Waals surface area contributed by atoms with Gasteiger partial charge in [0, 0.05) is 17.6 Å². The van der Waals surface area contributed by atoms with Gasteiger partial charge in [-0.1, -0.05) is 0 Å². The maximum atomic E-state index is 9.48. The second-order valence-electron chi connectivity index (χ2n) is 2.67. The standard InChI is InChI=1S/C6H15NO3.C3H5O2.Ge/c8-4-1-7(2-5-9)3-6-10;1-3(4)5-2;/h8-10H,1-6H2;1H2,2H3;/q;-1;/p+3. The molecule has 0 aliphatic rings. The van der Waals surface area contributed by atoms with Crippen LogP contribution in [0.3, 0.4) is 0 Å². The van der Waals surface area contributed by atoms with Crippen LogP contribution in [0.5, 0.6) is 0 Å². The molecule has 7 heteroatoms. The van der Waals surface area contributed by atoms with Gasteiger partial charge >= 0.3 is 0 Å². The molecule has 0 aromatic rings. The largest absolute Gasteiger partial charge is 0.492 e. The van der Waals surface area contributed by atoms with Crippen molar-refractivity contribution in [2.45, 2.75) is 0 Å². The summed E-state index contributed by atoms with van der Waals surface area (Å²) < 4.78 is 4.00. The van der Waals surface area contributed by atoms with Gasteiger partial charge in [-0.25, -0.2) is 0 Å². The van der Waals surface area contributed by atoms with Crippen LogP contribution in [0.2, 0.25) is 0 Å². The van der Waals surface area contributed by atoms with Gasteiger partial charge in [-0.15, -0.1) is 0 Å². The smallest absolute Gasteiger partial charge is 0.164 e. The molecule has 0 aromatic heterocycles. The van der Waals surface area contributed by atoms with Gasteiger partial charge in [0.25, 0.3) is 0 Å². The van der Waals surface area contributed by atoms with E-state index in [1.54, 1.807) is 0 Å². The Morgan fingerprint density at radius 1 is 1.12 bits per heavy atom. The zero-order chi connectivity index (χ0) is 12.1. The second kappa shape index (κ2) is 17.1. The van der Waals surface area contributed by atoms with E-state index in [0.717, 1.165) is 0 Å². The Morgan fingerprint density at radius 2 is 1.38 bits per heavy atom. The van der Waals surface area contributed by atoms with Gasteiger partial charge in [-0.05, 0) is 0 Å². The van der Waals surface area contributed by atoms with E-state index in [1.165, 1.54) is 7.11 Å². The molecule has 0 saturated heterocycles. The van der Waals surface area contributed by atoms with Gasteiger partial charge in [0.05, 0.1) is 26.7 Å². The van der Waals surface area contributed by atoms with Gasteiger partial charge in [-0.2, -0.15) is 0 Å². The topological polar surface area (TPSA) is 98.2 Å². The molecule has 6 nitrogen and oxygen atoms in total. The molecule has 0 amide bonds. The molecule has 0 rings (SSSR count). The van der Waals surface area contributed by atoms with Crippen LogP contribution < -0.4 is 0 Å². The fourth-order valence-electron chi connectivity index (χ4n) is 0.810. The molecule has 0 atom stereocenters. The number of methoxy groups -OCH3 is 1. The van der Waals surface area contributed by atoms with Crippen LogP contribution in [-0.2, 0) is 9.53 Å². The number of hydrogen-bond acceptors (Lipinski definition) is 3. The summed E-state index contributed by atoms with van der Waals surface area (Å²) in [5, 5.41) is 20.8. The van der Waals surface area contributed by atoms with E-state index < -0.39 is 5.97 Å². The van der Waals surface area contributed by atoms with Gasteiger partial charge in [0.1, 0.15) is 0 Å². The Labute approximate surface area is 107 Å². The van der Waals surface area contributed by atoms with Crippen molar-refractivity contribution in [3.05, 3.63) is 6.92 Å². The van der Waals surface area contributed by atoms with Crippen molar-refractivity contribution in [3.8, 4) is 0 Å². The van der Waals surface area contributed by atoms with E-state index >= 15 is 0 Å². The second-order valence-corrected chi connectivity index (χ2v) is 2.67. The number of hydrogen-bond donors (Lipinski definition) is 0. The fourth-order valence-corrected chi connectivity index (χ4v) is 0.810. The third kappa shape index (κ3) is 19.3. The van der Waals surface area contributed by atoms with Gasteiger partial charge in [0.15, 0.2) is 25.8 Å². The molecule has 4 radical (unpaired) electrons. The van der Waals surface area contributed by atoms with E-state index in [9.17, 15) is 4.79 Å². The van der Waals surface area contributed by atoms with Crippen LogP contribution >= 0.6 is 0 Å². The maximum absolute atomic E-state index is 9.48. The number of carbonyl (C=O) groups is 1. The van der Waals surface area contributed by atoms with Crippen molar-refractivity contribution in [2.75, 3.05) is 46.6 Å². The molecule has 0 unspecified atom stereocenters. The van der Waals surface area contributed by atoms with Gasteiger partial charge < -0.3 is 20.1 Å². The molecule has 16 heavy (non-hydrogen) atoms. The molecule has 0 bridgehead atoms. The summed E-state index contributed by atoms with van der Waals surface area (Å²) in [6.45, 7) is 6.14. The molecule has 0 spiro atoms. The van der Waals surface area contributed by atoms with Crippen LogP contribution in [0.15, 0.2) is 0 Å². The Bertz CT molecular complexity index is 134. The molecule has 0 aliphatic heterocycles. The minimum absolute atomic E-state index is 0. The average Bonchev–Trinajstić information content (AvgIpc) is 2.20. The first-order valence-electron chi connectivity index (χ1n) is 4.68. The first-order chi connectivity index (χ1) is 7.12. The molecule has 6 N–H and O–H groups in total. The average molecular weight is 298 g/mol. The summed E-state index contributed by atoms with van der Waals surface area (Å²) in [7, 11) is 1.29. The molecule has 0 saturated carbocycles. The molecule has 96 valence electrons. The summed E-state index contributed by atoms with van der Waals surface area (Å²) in [4.78, 5) is 11.5.